The van der Waals surface area contributed by atoms with Crippen molar-refractivity contribution in [2.75, 3.05) is 13.1 Å². The fraction of sp³-hybridized carbons (Fsp3) is 0.409. The number of benzene rings is 2. The summed E-state index contributed by atoms with van der Waals surface area (Å²) >= 11 is 0. The molecule has 2 atom stereocenters. The number of hydrogen-bond acceptors (Lipinski definition) is 2. The number of carbonyl (C=O) groups excluding carboxylic acids is 1. The molecule has 0 spiro atoms. The van der Waals surface area contributed by atoms with Gasteiger partial charge >= 0.3 is 0 Å². The molecule has 1 heterocycles. The van der Waals surface area contributed by atoms with Crippen LogP contribution in [0.15, 0.2) is 60.7 Å². The average molecular weight is 336 g/mol. The molecule has 3 heteroatoms. The van der Waals surface area contributed by atoms with Crippen molar-refractivity contribution in [1.29, 1.82) is 0 Å². The fourth-order valence-electron chi connectivity index (χ4n) is 3.62. The molecule has 2 aromatic rings. The Morgan fingerprint density at radius 1 is 0.880 bits per heavy atom. The summed E-state index contributed by atoms with van der Waals surface area (Å²) in [6, 6.07) is 21.5. The van der Waals surface area contributed by atoms with E-state index in [0.29, 0.717) is 12.5 Å². The standard InChI is InChI=1S/C22H28N2O/c1-18-16-24(22(25)14-13-20-9-5-3-6-10-20)19(2)15-23(18)17-21-11-7-4-8-12-21/h3-12,18-19H,13-17H2,1-2H3. The van der Waals surface area contributed by atoms with Crippen LogP contribution in [0.3, 0.4) is 0 Å². The Hall–Kier alpha value is -2.13. The lowest BCUT2D eigenvalue weighted by atomic mass is 10.0. The van der Waals surface area contributed by atoms with Gasteiger partial charge in [0.1, 0.15) is 0 Å². The van der Waals surface area contributed by atoms with Crippen LogP contribution in [0.5, 0.6) is 0 Å². The molecule has 0 aromatic heterocycles. The summed E-state index contributed by atoms with van der Waals surface area (Å²) in [5.74, 6) is 0.280. The van der Waals surface area contributed by atoms with Gasteiger partial charge in [0.15, 0.2) is 0 Å². The first-order valence-corrected chi connectivity index (χ1v) is 9.25. The van der Waals surface area contributed by atoms with E-state index < -0.39 is 0 Å². The zero-order chi connectivity index (χ0) is 17.6. The van der Waals surface area contributed by atoms with E-state index in [4.69, 9.17) is 0 Å². The summed E-state index contributed by atoms with van der Waals surface area (Å²) in [6.45, 7) is 7.11. The van der Waals surface area contributed by atoms with Gasteiger partial charge in [0.05, 0.1) is 0 Å². The van der Waals surface area contributed by atoms with Crippen LogP contribution in [0.25, 0.3) is 0 Å². The first-order valence-electron chi connectivity index (χ1n) is 9.25. The first kappa shape index (κ1) is 17.7. The maximum absolute atomic E-state index is 12.7. The van der Waals surface area contributed by atoms with Crippen molar-refractivity contribution in [2.24, 2.45) is 0 Å². The summed E-state index contributed by atoms with van der Waals surface area (Å²) < 4.78 is 0. The van der Waals surface area contributed by atoms with Gasteiger partial charge in [-0.2, -0.15) is 0 Å². The van der Waals surface area contributed by atoms with Crippen molar-refractivity contribution >= 4 is 5.91 Å². The van der Waals surface area contributed by atoms with Gasteiger partial charge in [0, 0.05) is 38.1 Å². The number of amides is 1. The molecule has 2 aromatic carbocycles. The average Bonchev–Trinajstić information content (AvgIpc) is 2.64. The number of aryl methyl sites for hydroxylation is 1. The van der Waals surface area contributed by atoms with E-state index >= 15 is 0 Å². The van der Waals surface area contributed by atoms with Gasteiger partial charge in [0.2, 0.25) is 5.91 Å². The van der Waals surface area contributed by atoms with Crippen LogP contribution < -0.4 is 0 Å². The molecule has 1 fully saturated rings. The van der Waals surface area contributed by atoms with Gasteiger partial charge in [-0.3, -0.25) is 9.69 Å². The van der Waals surface area contributed by atoms with E-state index in [0.717, 1.165) is 26.1 Å². The zero-order valence-corrected chi connectivity index (χ0v) is 15.3. The molecule has 0 bridgehead atoms. The molecule has 0 N–H and O–H groups in total. The molecule has 3 nitrogen and oxygen atoms in total. The van der Waals surface area contributed by atoms with Crippen molar-refractivity contribution in [3.63, 3.8) is 0 Å². The second-order valence-electron chi connectivity index (χ2n) is 7.14. The Bertz CT molecular complexity index is 671. The minimum atomic E-state index is 0.267. The normalized spacial score (nSPS) is 21.3. The van der Waals surface area contributed by atoms with Crippen molar-refractivity contribution in [3.8, 4) is 0 Å². The predicted molar refractivity (Wildman–Crippen MR) is 102 cm³/mol. The van der Waals surface area contributed by atoms with Crippen LogP contribution in [0.4, 0.5) is 0 Å². The zero-order valence-electron chi connectivity index (χ0n) is 15.3. The summed E-state index contributed by atoms with van der Waals surface area (Å²) in [6.07, 6.45) is 1.42. The highest BCUT2D eigenvalue weighted by molar-refractivity contribution is 5.77. The Labute approximate surface area is 151 Å². The third-order valence-corrected chi connectivity index (χ3v) is 5.13. The largest absolute Gasteiger partial charge is 0.337 e. The van der Waals surface area contributed by atoms with Crippen molar-refractivity contribution in [2.45, 2.75) is 45.3 Å². The third kappa shape index (κ3) is 4.70. The summed E-state index contributed by atoms with van der Waals surface area (Å²) in [4.78, 5) is 17.3. The molecule has 2 unspecified atom stereocenters. The Balaban J connectivity index is 1.55. The molecule has 3 rings (SSSR count). The molecule has 132 valence electrons. The summed E-state index contributed by atoms with van der Waals surface area (Å²) in [7, 11) is 0. The van der Waals surface area contributed by atoms with E-state index in [1.807, 2.05) is 18.2 Å². The van der Waals surface area contributed by atoms with E-state index in [1.54, 1.807) is 0 Å². The van der Waals surface area contributed by atoms with Crippen LogP contribution in [0.1, 0.15) is 31.4 Å². The molecule has 1 amide bonds. The molecular formula is C22H28N2O. The smallest absolute Gasteiger partial charge is 0.223 e. The molecule has 25 heavy (non-hydrogen) atoms. The van der Waals surface area contributed by atoms with E-state index in [1.165, 1.54) is 11.1 Å². The number of piperazine rings is 1. The molecule has 1 aliphatic heterocycles. The lowest BCUT2D eigenvalue weighted by Gasteiger charge is -2.44. The lowest BCUT2D eigenvalue weighted by molar-refractivity contribution is -0.137. The highest BCUT2D eigenvalue weighted by atomic mass is 16.2. The SMILES string of the molecule is CC1CN(C(=O)CCc2ccccc2)C(C)CN1Cc1ccccc1. The number of nitrogens with zero attached hydrogens (tertiary/aromatic N) is 2. The van der Waals surface area contributed by atoms with Gasteiger partial charge in [0.25, 0.3) is 0 Å². The van der Waals surface area contributed by atoms with Gasteiger partial charge in [-0.25, -0.2) is 0 Å². The minimum absolute atomic E-state index is 0.267. The van der Waals surface area contributed by atoms with Crippen LogP contribution in [0, 0.1) is 0 Å². The van der Waals surface area contributed by atoms with Gasteiger partial charge in [-0.05, 0) is 31.4 Å². The maximum atomic E-state index is 12.7. The van der Waals surface area contributed by atoms with E-state index in [9.17, 15) is 4.79 Å². The molecule has 1 saturated heterocycles. The van der Waals surface area contributed by atoms with Crippen LogP contribution in [-0.2, 0) is 17.8 Å². The summed E-state index contributed by atoms with van der Waals surface area (Å²) in [5, 5.41) is 0. The number of rotatable bonds is 5. The quantitative estimate of drug-likeness (QED) is 0.830. The van der Waals surface area contributed by atoms with E-state index in [2.05, 4.69) is 66.1 Å². The molecule has 1 aliphatic rings. The molecule has 0 radical (unpaired) electrons. The molecule has 0 saturated carbocycles. The molecule has 0 aliphatic carbocycles. The van der Waals surface area contributed by atoms with Gasteiger partial charge in [-0.15, -0.1) is 0 Å². The highest BCUT2D eigenvalue weighted by Crippen LogP contribution is 2.19. The Kier molecular flexibility index (Phi) is 5.87. The van der Waals surface area contributed by atoms with Gasteiger partial charge in [-0.1, -0.05) is 60.7 Å². The highest BCUT2D eigenvalue weighted by Gasteiger charge is 2.31. The van der Waals surface area contributed by atoms with Crippen LogP contribution in [0.2, 0.25) is 0 Å². The predicted octanol–water partition coefficient (Wildman–Crippen LogP) is 3.74. The van der Waals surface area contributed by atoms with E-state index in [-0.39, 0.29) is 11.9 Å². The van der Waals surface area contributed by atoms with Gasteiger partial charge < -0.3 is 4.90 Å². The number of hydrogen-bond donors (Lipinski definition) is 0. The maximum Gasteiger partial charge on any atom is 0.223 e. The second-order valence-corrected chi connectivity index (χ2v) is 7.14. The first-order chi connectivity index (χ1) is 12.1. The van der Waals surface area contributed by atoms with Crippen molar-refractivity contribution < 1.29 is 4.79 Å². The Morgan fingerprint density at radius 2 is 1.48 bits per heavy atom. The summed E-state index contributed by atoms with van der Waals surface area (Å²) in [5.41, 5.74) is 2.57. The van der Waals surface area contributed by atoms with Crippen molar-refractivity contribution in [3.05, 3.63) is 71.8 Å². The second kappa shape index (κ2) is 8.30. The number of carbonyl (C=O) groups is 1. The third-order valence-electron chi connectivity index (χ3n) is 5.13. The topological polar surface area (TPSA) is 23.6 Å². The minimum Gasteiger partial charge on any atom is -0.337 e. The van der Waals surface area contributed by atoms with Crippen LogP contribution in [-0.4, -0.2) is 40.9 Å². The fourth-order valence-corrected chi connectivity index (χ4v) is 3.62. The molecular weight excluding hydrogens is 308 g/mol. The Morgan fingerprint density at radius 3 is 2.12 bits per heavy atom. The monoisotopic (exact) mass is 336 g/mol. The lowest BCUT2D eigenvalue weighted by Crippen LogP contribution is -2.57. The van der Waals surface area contributed by atoms with Crippen LogP contribution >= 0.6 is 0 Å². The van der Waals surface area contributed by atoms with Crippen molar-refractivity contribution in [1.82, 2.24) is 9.80 Å².